The summed E-state index contributed by atoms with van der Waals surface area (Å²) in [6, 6.07) is 11.9. The Labute approximate surface area is 198 Å². The minimum atomic E-state index is -0.673. The third-order valence-corrected chi connectivity index (χ3v) is 5.07. The summed E-state index contributed by atoms with van der Waals surface area (Å²) in [7, 11) is 0. The van der Waals surface area contributed by atoms with Crippen LogP contribution in [0.5, 0.6) is 0 Å². The Morgan fingerprint density at radius 1 is 0.971 bits per heavy atom. The van der Waals surface area contributed by atoms with Gasteiger partial charge in [-0.25, -0.2) is 14.2 Å². The van der Waals surface area contributed by atoms with Gasteiger partial charge in [0.15, 0.2) is 0 Å². The predicted molar refractivity (Wildman–Crippen MR) is 124 cm³/mol. The van der Waals surface area contributed by atoms with E-state index in [1.807, 2.05) is 0 Å². The molecule has 2 aromatic heterocycles. The summed E-state index contributed by atoms with van der Waals surface area (Å²) in [4.78, 5) is 44.7. The smallest absolute Gasteiger partial charge is 0.316 e. The van der Waals surface area contributed by atoms with Crippen LogP contribution in [0.1, 0.15) is 37.7 Å². The number of nitrogens with two attached hydrogens (primary N) is 1. The number of halogens is 1. The number of amides is 4. The van der Waals surface area contributed by atoms with E-state index in [0.717, 1.165) is 11.1 Å². The highest BCUT2D eigenvalue weighted by atomic mass is 19.1. The molecule has 0 unspecified atom stereocenters. The Balaban J connectivity index is 1.47. The maximum atomic E-state index is 13.5. The van der Waals surface area contributed by atoms with E-state index in [4.69, 9.17) is 5.73 Å². The molecule has 0 saturated heterocycles. The molecule has 0 fully saturated rings. The topological polar surface area (TPSA) is 156 Å². The molecule has 35 heavy (non-hydrogen) atoms. The van der Waals surface area contributed by atoms with E-state index in [0.29, 0.717) is 11.3 Å². The van der Waals surface area contributed by atoms with Crippen molar-refractivity contribution in [3.8, 4) is 0 Å². The summed E-state index contributed by atoms with van der Waals surface area (Å²) in [5.41, 5.74) is 7.62. The Bertz CT molecular complexity index is 1420. The number of primary amides is 1. The quantitative estimate of drug-likeness (QED) is 0.319. The van der Waals surface area contributed by atoms with Crippen LogP contribution in [0.4, 0.5) is 14.9 Å². The molecule has 0 saturated carbocycles. The van der Waals surface area contributed by atoms with Crippen LogP contribution in [-0.2, 0) is 13.1 Å². The number of hydrogen-bond acceptors (Lipinski definition) is 6. The van der Waals surface area contributed by atoms with Crippen molar-refractivity contribution in [2.45, 2.75) is 20.0 Å². The van der Waals surface area contributed by atoms with Crippen molar-refractivity contribution in [2.24, 2.45) is 5.73 Å². The van der Waals surface area contributed by atoms with Gasteiger partial charge >= 0.3 is 6.03 Å². The second-order valence-corrected chi connectivity index (χ2v) is 7.63. The summed E-state index contributed by atoms with van der Waals surface area (Å²) in [5, 5.41) is 11.9. The molecule has 0 bridgehead atoms. The molecule has 178 valence electrons. The lowest BCUT2D eigenvalue weighted by atomic mass is 10.1. The molecular formula is C23H21FN8O3. The number of aromatic nitrogens is 4. The highest BCUT2D eigenvalue weighted by molar-refractivity contribution is 5.98. The van der Waals surface area contributed by atoms with Crippen molar-refractivity contribution in [2.75, 3.05) is 5.32 Å². The molecule has 2 aromatic carbocycles. The van der Waals surface area contributed by atoms with Gasteiger partial charge in [-0.1, -0.05) is 24.3 Å². The molecule has 2 heterocycles. The third kappa shape index (κ3) is 5.55. The lowest BCUT2D eigenvalue weighted by molar-refractivity contribution is 0.0942. The van der Waals surface area contributed by atoms with Gasteiger partial charge in [0.05, 0.1) is 0 Å². The van der Waals surface area contributed by atoms with Crippen LogP contribution in [-0.4, -0.2) is 37.4 Å². The van der Waals surface area contributed by atoms with Crippen LogP contribution in [0.15, 0.2) is 54.9 Å². The normalized spacial score (nSPS) is 10.7. The average Bonchev–Trinajstić information content (AvgIpc) is 3.32. The molecule has 0 radical (unpaired) electrons. The van der Waals surface area contributed by atoms with E-state index in [-0.39, 0.29) is 36.1 Å². The number of benzene rings is 2. The van der Waals surface area contributed by atoms with Gasteiger partial charge in [0.2, 0.25) is 0 Å². The van der Waals surface area contributed by atoms with Crippen LogP contribution < -0.4 is 21.7 Å². The SMILES string of the molecule is Cc1cc(CNC(=O)c2cc(C(=O)NCc3ccc(NC(N)=O)cc3)n3ncnc3n2)ccc1F. The summed E-state index contributed by atoms with van der Waals surface area (Å²) in [6.07, 6.45) is 1.23. The molecule has 5 N–H and O–H groups in total. The molecule has 4 aromatic rings. The first-order valence-corrected chi connectivity index (χ1v) is 10.5. The van der Waals surface area contributed by atoms with Gasteiger partial charge in [-0.2, -0.15) is 14.6 Å². The summed E-state index contributed by atoms with van der Waals surface area (Å²) in [6.45, 7) is 1.97. The van der Waals surface area contributed by atoms with Crippen molar-refractivity contribution in [1.29, 1.82) is 0 Å². The van der Waals surface area contributed by atoms with Crippen LogP contribution in [0, 0.1) is 12.7 Å². The maximum absolute atomic E-state index is 13.5. The number of rotatable bonds is 7. The van der Waals surface area contributed by atoms with Gasteiger partial charge < -0.3 is 21.7 Å². The highest BCUT2D eigenvalue weighted by Crippen LogP contribution is 2.12. The van der Waals surface area contributed by atoms with Gasteiger partial charge in [-0.3, -0.25) is 9.59 Å². The molecule has 12 heteroatoms. The molecule has 11 nitrogen and oxygen atoms in total. The average molecular weight is 476 g/mol. The van der Waals surface area contributed by atoms with Crippen LogP contribution in [0.25, 0.3) is 5.78 Å². The summed E-state index contributed by atoms with van der Waals surface area (Å²) >= 11 is 0. The van der Waals surface area contributed by atoms with E-state index in [2.05, 4.69) is 31.0 Å². The van der Waals surface area contributed by atoms with E-state index >= 15 is 0 Å². The monoisotopic (exact) mass is 476 g/mol. The number of anilines is 1. The number of urea groups is 1. The first-order valence-electron chi connectivity index (χ1n) is 10.5. The number of carbonyl (C=O) groups excluding carboxylic acids is 3. The Morgan fingerprint density at radius 2 is 1.66 bits per heavy atom. The third-order valence-electron chi connectivity index (χ3n) is 5.07. The van der Waals surface area contributed by atoms with Crippen LogP contribution >= 0.6 is 0 Å². The van der Waals surface area contributed by atoms with Gasteiger partial charge in [-0.05, 0) is 41.8 Å². The van der Waals surface area contributed by atoms with E-state index < -0.39 is 17.8 Å². The Kier molecular flexibility index (Phi) is 6.62. The number of aryl methyl sites for hydroxylation is 1. The summed E-state index contributed by atoms with van der Waals surface area (Å²) in [5.74, 6) is -1.26. The zero-order chi connectivity index (χ0) is 24.9. The largest absolute Gasteiger partial charge is 0.351 e. The number of nitrogens with zero attached hydrogens (tertiary/aromatic N) is 4. The van der Waals surface area contributed by atoms with E-state index in [1.54, 1.807) is 43.3 Å². The molecule has 4 amide bonds. The van der Waals surface area contributed by atoms with E-state index in [1.165, 1.54) is 23.0 Å². The molecular weight excluding hydrogens is 455 g/mol. The number of hydrogen-bond donors (Lipinski definition) is 4. The van der Waals surface area contributed by atoms with Gasteiger partial charge in [-0.15, -0.1) is 0 Å². The van der Waals surface area contributed by atoms with Crippen molar-refractivity contribution in [1.82, 2.24) is 30.2 Å². The fourth-order valence-electron chi connectivity index (χ4n) is 3.30. The predicted octanol–water partition coefficient (Wildman–Crippen LogP) is 1.92. The second-order valence-electron chi connectivity index (χ2n) is 7.63. The first-order chi connectivity index (χ1) is 16.8. The highest BCUT2D eigenvalue weighted by Gasteiger charge is 2.18. The summed E-state index contributed by atoms with van der Waals surface area (Å²) < 4.78 is 14.7. The van der Waals surface area contributed by atoms with Crippen LogP contribution in [0.2, 0.25) is 0 Å². The van der Waals surface area contributed by atoms with Crippen molar-refractivity contribution >= 4 is 29.3 Å². The zero-order valence-electron chi connectivity index (χ0n) is 18.6. The van der Waals surface area contributed by atoms with Crippen LogP contribution in [0.3, 0.4) is 0 Å². The Hall–Kier alpha value is -4.87. The molecule has 4 rings (SSSR count). The molecule has 0 atom stereocenters. The van der Waals surface area contributed by atoms with E-state index in [9.17, 15) is 18.8 Å². The molecule has 0 aliphatic heterocycles. The molecule has 0 aliphatic rings. The number of carbonyl (C=O) groups is 3. The lowest BCUT2D eigenvalue weighted by Crippen LogP contribution is -2.28. The van der Waals surface area contributed by atoms with Crippen molar-refractivity contribution in [3.05, 3.63) is 88.8 Å². The zero-order valence-corrected chi connectivity index (χ0v) is 18.6. The fourth-order valence-corrected chi connectivity index (χ4v) is 3.30. The lowest BCUT2D eigenvalue weighted by Gasteiger charge is -2.10. The minimum absolute atomic E-state index is 0.0173. The van der Waals surface area contributed by atoms with Crippen molar-refractivity contribution in [3.63, 3.8) is 0 Å². The number of nitrogens with one attached hydrogen (secondary N) is 3. The second kappa shape index (κ2) is 9.95. The first kappa shape index (κ1) is 23.3. The van der Waals surface area contributed by atoms with Gasteiger partial charge in [0, 0.05) is 24.8 Å². The molecule has 0 spiro atoms. The Morgan fingerprint density at radius 3 is 2.37 bits per heavy atom. The molecule has 0 aliphatic carbocycles. The number of fused-ring (bicyclic) bond motifs is 1. The van der Waals surface area contributed by atoms with Gasteiger partial charge in [0.25, 0.3) is 17.6 Å². The standard InChI is InChI=1S/C23H21FN8O3/c1-13-8-15(4-7-17(13)24)11-26-20(33)18-9-19(32-23(31-18)28-12-29-32)21(34)27-10-14-2-5-16(6-3-14)30-22(25)35/h2-9,12H,10-11H2,1H3,(H,26,33)(H,27,34)(H3,25,30,35). The maximum Gasteiger partial charge on any atom is 0.316 e. The fraction of sp³-hybridized carbons (Fsp3) is 0.130. The van der Waals surface area contributed by atoms with Crippen molar-refractivity contribution < 1.29 is 18.8 Å². The minimum Gasteiger partial charge on any atom is -0.351 e. The van der Waals surface area contributed by atoms with Gasteiger partial charge in [0.1, 0.15) is 23.5 Å².